The molecule has 114 valence electrons. The second-order valence-electron chi connectivity index (χ2n) is 4.84. The van der Waals surface area contributed by atoms with E-state index in [4.69, 9.17) is 21.1 Å². The van der Waals surface area contributed by atoms with Crippen LogP contribution in [0.3, 0.4) is 0 Å². The highest BCUT2D eigenvalue weighted by Gasteiger charge is 2.14. The van der Waals surface area contributed by atoms with Crippen LogP contribution in [0, 0.1) is 0 Å². The summed E-state index contributed by atoms with van der Waals surface area (Å²) in [7, 11) is 1.90. The summed E-state index contributed by atoms with van der Waals surface area (Å²) in [6.45, 7) is 0.968. The first-order valence-corrected chi connectivity index (χ1v) is 8.07. The van der Waals surface area contributed by atoms with E-state index in [1.807, 2.05) is 49.5 Å². The molecular formula is C17H15BrClNO2. The Morgan fingerprint density at radius 1 is 1.32 bits per heavy atom. The topological polar surface area (TPSA) is 30.5 Å². The minimum atomic E-state index is 0.409. The van der Waals surface area contributed by atoms with Crippen molar-refractivity contribution in [2.75, 3.05) is 13.7 Å². The molecule has 0 saturated heterocycles. The Morgan fingerprint density at radius 2 is 2.18 bits per heavy atom. The summed E-state index contributed by atoms with van der Waals surface area (Å²) in [6, 6.07) is 11.6. The van der Waals surface area contributed by atoms with Gasteiger partial charge in [0.05, 0.1) is 5.02 Å². The third kappa shape index (κ3) is 3.08. The van der Waals surface area contributed by atoms with Crippen LogP contribution in [0.5, 0.6) is 11.5 Å². The average Bonchev–Trinajstić information content (AvgIpc) is 2.55. The molecule has 0 saturated carbocycles. The van der Waals surface area contributed by atoms with Crippen molar-refractivity contribution >= 4 is 33.2 Å². The second-order valence-corrected chi connectivity index (χ2v) is 6.07. The molecule has 0 aliphatic carbocycles. The standard InChI is InChI=1S/C17H15BrClNO2/c1-20-15-7-8-21-16-9-12(5-6-13(15)16)22-10-11-3-2-4-14(18)17(11)19/h2-7,9,20H,8,10H2,1H3. The van der Waals surface area contributed by atoms with Gasteiger partial charge in [-0.05, 0) is 40.2 Å². The molecule has 0 atom stereocenters. The minimum absolute atomic E-state index is 0.409. The Bertz CT molecular complexity index is 731. The van der Waals surface area contributed by atoms with Gasteiger partial charge < -0.3 is 14.8 Å². The summed E-state index contributed by atoms with van der Waals surface area (Å²) >= 11 is 9.66. The average molecular weight is 381 g/mol. The number of rotatable bonds is 4. The molecule has 0 fully saturated rings. The molecule has 0 bridgehead atoms. The fraction of sp³-hybridized carbons (Fsp3) is 0.176. The van der Waals surface area contributed by atoms with Crippen LogP contribution in [-0.2, 0) is 6.61 Å². The van der Waals surface area contributed by atoms with Gasteiger partial charge in [-0.3, -0.25) is 0 Å². The van der Waals surface area contributed by atoms with Gasteiger partial charge in [0, 0.05) is 34.4 Å². The van der Waals surface area contributed by atoms with E-state index < -0.39 is 0 Å². The van der Waals surface area contributed by atoms with E-state index in [1.165, 1.54) is 0 Å². The number of fused-ring (bicyclic) bond motifs is 1. The molecule has 1 heterocycles. The lowest BCUT2D eigenvalue weighted by Gasteiger charge is -2.19. The maximum atomic E-state index is 6.25. The quantitative estimate of drug-likeness (QED) is 0.838. The molecule has 2 aromatic rings. The molecule has 0 unspecified atom stereocenters. The van der Waals surface area contributed by atoms with Gasteiger partial charge in [0.2, 0.25) is 0 Å². The molecule has 3 rings (SSSR count). The zero-order valence-electron chi connectivity index (χ0n) is 12.0. The van der Waals surface area contributed by atoms with E-state index in [0.29, 0.717) is 18.2 Å². The van der Waals surface area contributed by atoms with Crippen molar-refractivity contribution in [3.63, 3.8) is 0 Å². The van der Waals surface area contributed by atoms with Gasteiger partial charge >= 0.3 is 0 Å². The summed E-state index contributed by atoms with van der Waals surface area (Å²) in [4.78, 5) is 0. The third-order valence-electron chi connectivity index (χ3n) is 3.46. The lowest BCUT2D eigenvalue weighted by molar-refractivity contribution is 0.301. The van der Waals surface area contributed by atoms with E-state index in [-0.39, 0.29) is 0 Å². The van der Waals surface area contributed by atoms with Gasteiger partial charge in [0.15, 0.2) is 0 Å². The van der Waals surface area contributed by atoms with Gasteiger partial charge in [0.1, 0.15) is 24.7 Å². The van der Waals surface area contributed by atoms with Gasteiger partial charge in [-0.25, -0.2) is 0 Å². The third-order valence-corrected chi connectivity index (χ3v) is 4.80. The maximum absolute atomic E-state index is 6.25. The van der Waals surface area contributed by atoms with E-state index in [1.54, 1.807) is 0 Å². The Balaban J connectivity index is 1.77. The van der Waals surface area contributed by atoms with Crippen LogP contribution in [0.25, 0.3) is 5.70 Å². The number of benzene rings is 2. The minimum Gasteiger partial charge on any atom is -0.489 e. The van der Waals surface area contributed by atoms with Crippen LogP contribution in [0.2, 0.25) is 5.02 Å². The lowest BCUT2D eigenvalue weighted by Crippen LogP contribution is -2.13. The Kier molecular flexibility index (Phi) is 4.60. The molecule has 0 spiro atoms. The first-order valence-electron chi connectivity index (χ1n) is 6.90. The monoisotopic (exact) mass is 379 g/mol. The van der Waals surface area contributed by atoms with Crippen molar-refractivity contribution in [2.45, 2.75) is 6.61 Å². The highest BCUT2D eigenvalue weighted by molar-refractivity contribution is 9.10. The SMILES string of the molecule is CNC1=CCOc2cc(OCc3cccc(Br)c3Cl)ccc21. The molecule has 0 amide bonds. The van der Waals surface area contributed by atoms with Gasteiger partial charge in [0.25, 0.3) is 0 Å². The van der Waals surface area contributed by atoms with Crippen LogP contribution in [0.1, 0.15) is 11.1 Å². The van der Waals surface area contributed by atoms with E-state index in [0.717, 1.165) is 32.8 Å². The smallest absolute Gasteiger partial charge is 0.132 e. The van der Waals surface area contributed by atoms with Crippen molar-refractivity contribution in [1.29, 1.82) is 0 Å². The Morgan fingerprint density at radius 3 is 3.00 bits per heavy atom. The number of hydrogen-bond donors (Lipinski definition) is 1. The van der Waals surface area contributed by atoms with Gasteiger partial charge in [-0.2, -0.15) is 0 Å². The zero-order chi connectivity index (χ0) is 15.5. The lowest BCUT2D eigenvalue weighted by atomic mass is 10.1. The summed E-state index contributed by atoms with van der Waals surface area (Å²) in [5.74, 6) is 1.58. The molecule has 0 aromatic heterocycles. The van der Waals surface area contributed by atoms with Crippen LogP contribution in [0.15, 0.2) is 46.9 Å². The predicted molar refractivity (Wildman–Crippen MR) is 92.5 cm³/mol. The highest BCUT2D eigenvalue weighted by Crippen LogP contribution is 2.33. The maximum Gasteiger partial charge on any atom is 0.132 e. The van der Waals surface area contributed by atoms with Crippen molar-refractivity contribution in [3.8, 4) is 11.5 Å². The van der Waals surface area contributed by atoms with Gasteiger partial charge in [-0.15, -0.1) is 0 Å². The van der Waals surface area contributed by atoms with E-state index >= 15 is 0 Å². The summed E-state index contributed by atoms with van der Waals surface area (Å²) < 4.78 is 12.4. The number of ether oxygens (including phenoxy) is 2. The second kappa shape index (κ2) is 6.63. The predicted octanol–water partition coefficient (Wildman–Crippen LogP) is 4.63. The molecule has 2 aromatic carbocycles. The first kappa shape index (κ1) is 15.3. The van der Waals surface area contributed by atoms with E-state index in [9.17, 15) is 0 Å². The largest absolute Gasteiger partial charge is 0.489 e. The molecule has 1 aliphatic heterocycles. The molecule has 5 heteroatoms. The summed E-state index contributed by atoms with van der Waals surface area (Å²) in [5, 5.41) is 3.85. The zero-order valence-corrected chi connectivity index (χ0v) is 14.4. The Labute approximate surface area is 143 Å². The number of nitrogens with one attached hydrogen (secondary N) is 1. The molecule has 0 radical (unpaired) electrons. The van der Waals surface area contributed by atoms with Crippen LogP contribution in [0.4, 0.5) is 0 Å². The van der Waals surface area contributed by atoms with Gasteiger partial charge in [-0.1, -0.05) is 23.7 Å². The molecule has 1 N–H and O–H groups in total. The molecular weight excluding hydrogens is 366 g/mol. The van der Waals surface area contributed by atoms with Crippen molar-refractivity contribution < 1.29 is 9.47 Å². The fourth-order valence-electron chi connectivity index (χ4n) is 2.32. The fourth-order valence-corrected chi connectivity index (χ4v) is 2.90. The van der Waals surface area contributed by atoms with E-state index in [2.05, 4.69) is 21.2 Å². The molecule has 22 heavy (non-hydrogen) atoms. The normalized spacial score (nSPS) is 13.0. The van der Waals surface area contributed by atoms with Crippen LogP contribution in [-0.4, -0.2) is 13.7 Å². The summed E-state index contributed by atoms with van der Waals surface area (Å²) in [6.07, 6.45) is 2.02. The van der Waals surface area contributed by atoms with Crippen LogP contribution >= 0.6 is 27.5 Å². The Hall–Kier alpha value is -1.65. The molecule has 1 aliphatic rings. The van der Waals surface area contributed by atoms with Crippen molar-refractivity contribution in [2.24, 2.45) is 0 Å². The van der Waals surface area contributed by atoms with Crippen molar-refractivity contribution in [1.82, 2.24) is 5.32 Å². The number of halogens is 2. The molecule has 3 nitrogen and oxygen atoms in total. The first-order chi connectivity index (χ1) is 10.7. The van der Waals surface area contributed by atoms with Crippen molar-refractivity contribution in [3.05, 3.63) is 63.1 Å². The highest BCUT2D eigenvalue weighted by atomic mass is 79.9. The summed E-state index contributed by atoms with van der Waals surface area (Å²) in [5.41, 5.74) is 3.05. The van der Waals surface area contributed by atoms with Crippen LogP contribution < -0.4 is 14.8 Å². The number of hydrogen-bond acceptors (Lipinski definition) is 3.